The van der Waals surface area contributed by atoms with Gasteiger partial charge in [-0.25, -0.2) is 4.39 Å². The van der Waals surface area contributed by atoms with Crippen LogP contribution in [0.2, 0.25) is 0 Å². The molecule has 0 radical (unpaired) electrons. The van der Waals surface area contributed by atoms with E-state index in [9.17, 15) is 4.39 Å². The van der Waals surface area contributed by atoms with Crippen LogP contribution in [0.4, 0.5) is 9.39 Å². The van der Waals surface area contributed by atoms with Crippen molar-refractivity contribution in [2.75, 3.05) is 25.0 Å². The third-order valence-electron chi connectivity index (χ3n) is 4.33. The molecule has 2 heterocycles. The summed E-state index contributed by atoms with van der Waals surface area (Å²) in [6.07, 6.45) is 2.12. The quantitative estimate of drug-likeness (QED) is 0.331. The predicted molar refractivity (Wildman–Crippen MR) is 122 cm³/mol. The van der Waals surface area contributed by atoms with Gasteiger partial charge in [0.2, 0.25) is 0 Å². The SMILES string of the molecule is CN=C(NCc1cc(Br)ccc1F)NC1CCN(c2cccs2)CC1.I. The highest BCUT2D eigenvalue weighted by atomic mass is 127. The highest BCUT2D eigenvalue weighted by Gasteiger charge is 2.20. The zero-order valence-corrected chi connectivity index (χ0v) is 19.3. The van der Waals surface area contributed by atoms with Gasteiger partial charge >= 0.3 is 0 Å². The predicted octanol–water partition coefficient (Wildman–Crippen LogP) is 4.60. The van der Waals surface area contributed by atoms with E-state index in [2.05, 4.69) is 54.0 Å². The summed E-state index contributed by atoms with van der Waals surface area (Å²) in [6, 6.07) is 9.61. The third kappa shape index (κ3) is 5.82. The lowest BCUT2D eigenvalue weighted by Crippen LogP contribution is -2.48. The summed E-state index contributed by atoms with van der Waals surface area (Å²) in [5.41, 5.74) is 0.616. The fraction of sp³-hybridized carbons (Fsp3) is 0.389. The highest BCUT2D eigenvalue weighted by molar-refractivity contribution is 14.0. The van der Waals surface area contributed by atoms with Gasteiger partial charge in [0.15, 0.2) is 5.96 Å². The van der Waals surface area contributed by atoms with E-state index >= 15 is 0 Å². The summed E-state index contributed by atoms with van der Waals surface area (Å²) in [4.78, 5) is 6.69. The Morgan fingerprint density at radius 1 is 1.35 bits per heavy atom. The lowest BCUT2D eigenvalue weighted by Gasteiger charge is -2.33. The third-order valence-corrected chi connectivity index (χ3v) is 5.75. The minimum atomic E-state index is -0.213. The molecule has 2 N–H and O–H groups in total. The van der Waals surface area contributed by atoms with Crippen LogP contribution < -0.4 is 15.5 Å². The number of thiophene rings is 1. The maximum Gasteiger partial charge on any atom is 0.191 e. The van der Waals surface area contributed by atoms with Crippen molar-refractivity contribution in [2.45, 2.75) is 25.4 Å². The van der Waals surface area contributed by atoms with Crippen LogP contribution in [-0.4, -0.2) is 32.1 Å². The van der Waals surface area contributed by atoms with Crippen LogP contribution in [-0.2, 0) is 6.54 Å². The van der Waals surface area contributed by atoms with Crippen LogP contribution >= 0.6 is 51.2 Å². The van der Waals surface area contributed by atoms with Gasteiger partial charge in [-0.1, -0.05) is 15.9 Å². The van der Waals surface area contributed by atoms with Crippen molar-refractivity contribution in [3.05, 3.63) is 51.6 Å². The molecule has 1 saturated heterocycles. The number of halogens is 3. The first-order valence-electron chi connectivity index (χ1n) is 8.35. The standard InChI is InChI=1S/C18H22BrFN4S.HI/c1-21-18(22-12-13-11-14(19)4-5-16(13)20)23-15-6-8-24(9-7-15)17-3-2-10-25-17;/h2-5,10-11,15H,6-9,12H2,1H3,(H2,21,22,23);1H. The molecule has 0 bridgehead atoms. The smallest absolute Gasteiger partial charge is 0.191 e. The first-order chi connectivity index (χ1) is 12.2. The van der Waals surface area contributed by atoms with Crippen LogP contribution in [0.5, 0.6) is 0 Å². The maximum atomic E-state index is 13.8. The summed E-state index contributed by atoms with van der Waals surface area (Å²) >= 11 is 5.17. The molecule has 1 aromatic carbocycles. The van der Waals surface area contributed by atoms with Gasteiger partial charge < -0.3 is 15.5 Å². The fourth-order valence-electron chi connectivity index (χ4n) is 2.94. The number of nitrogens with one attached hydrogen (secondary N) is 2. The Hall–Kier alpha value is -0.870. The number of anilines is 1. The molecule has 0 spiro atoms. The van der Waals surface area contributed by atoms with Crippen molar-refractivity contribution >= 4 is 62.2 Å². The van der Waals surface area contributed by atoms with E-state index in [0.29, 0.717) is 24.1 Å². The molecule has 2 aromatic rings. The Kier molecular flexibility index (Phi) is 8.62. The van der Waals surface area contributed by atoms with Crippen molar-refractivity contribution in [1.29, 1.82) is 0 Å². The van der Waals surface area contributed by atoms with Crippen LogP contribution in [0.3, 0.4) is 0 Å². The van der Waals surface area contributed by atoms with E-state index in [-0.39, 0.29) is 29.8 Å². The Morgan fingerprint density at radius 2 is 2.12 bits per heavy atom. The van der Waals surface area contributed by atoms with Gasteiger partial charge in [-0.15, -0.1) is 35.3 Å². The van der Waals surface area contributed by atoms with Crippen LogP contribution in [0.25, 0.3) is 0 Å². The van der Waals surface area contributed by atoms with Crippen LogP contribution in [0, 0.1) is 5.82 Å². The zero-order valence-electron chi connectivity index (χ0n) is 14.5. The number of piperidine rings is 1. The van der Waals surface area contributed by atoms with Crippen molar-refractivity contribution in [3.8, 4) is 0 Å². The van der Waals surface area contributed by atoms with Gasteiger partial charge in [0.05, 0.1) is 5.00 Å². The van der Waals surface area contributed by atoms with Crippen molar-refractivity contribution in [2.24, 2.45) is 4.99 Å². The molecular weight excluding hydrogens is 530 g/mol. The number of guanidine groups is 1. The molecule has 1 aliphatic heterocycles. The second-order valence-electron chi connectivity index (χ2n) is 6.02. The average Bonchev–Trinajstić information content (AvgIpc) is 3.16. The van der Waals surface area contributed by atoms with E-state index in [1.54, 1.807) is 30.5 Å². The number of benzene rings is 1. The minimum Gasteiger partial charge on any atom is -0.363 e. The molecule has 1 aromatic heterocycles. The van der Waals surface area contributed by atoms with Gasteiger partial charge in [0, 0.05) is 42.8 Å². The van der Waals surface area contributed by atoms with E-state index in [0.717, 1.165) is 30.4 Å². The molecular formula is C18H23BrFIN4S. The van der Waals surface area contributed by atoms with Gasteiger partial charge in [-0.05, 0) is 48.6 Å². The summed E-state index contributed by atoms with van der Waals surface area (Å²) in [6.45, 7) is 2.48. The highest BCUT2D eigenvalue weighted by Crippen LogP contribution is 2.24. The maximum absolute atomic E-state index is 13.8. The lowest BCUT2D eigenvalue weighted by atomic mass is 10.1. The number of aliphatic imine (C=N–C) groups is 1. The minimum absolute atomic E-state index is 0. The van der Waals surface area contributed by atoms with Crippen molar-refractivity contribution in [3.63, 3.8) is 0 Å². The molecule has 0 amide bonds. The van der Waals surface area contributed by atoms with Crippen LogP contribution in [0.1, 0.15) is 18.4 Å². The molecule has 1 aliphatic rings. The number of hydrogen-bond acceptors (Lipinski definition) is 3. The second-order valence-corrected chi connectivity index (χ2v) is 7.86. The number of hydrogen-bond donors (Lipinski definition) is 2. The largest absolute Gasteiger partial charge is 0.363 e. The van der Waals surface area contributed by atoms with E-state index < -0.39 is 0 Å². The molecule has 0 saturated carbocycles. The second kappa shape index (κ2) is 10.5. The summed E-state index contributed by atoms with van der Waals surface area (Å²) in [5, 5.41) is 10.1. The van der Waals surface area contributed by atoms with E-state index in [1.807, 2.05) is 0 Å². The normalized spacial score (nSPS) is 15.5. The molecule has 0 unspecified atom stereocenters. The van der Waals surface area contributed by atoms with Gasteiger partial charge in [-0.2, -0.15) is 0 Å². The summed E-state index contributed by atoms with van der Waals surface area (Å²) < 4.78 is 14.7. The van der Waals surface area contributed by atoms with Gasteiger partial charge in [0.1, 0.15) is 5.82 Å². The number of nitrogens with zero attached hydrogens (tertiary/aromatic N) is 2. The molecule has 142 valence electrons. The van der Waals surface area contributed by atoms with E-state index in [1.165, 1.54) is 11.1 Å². The molecule has 8 heteroatoms. The van der Waals surface area contributed by atoms with E-state index in [4.69, 9.17) is 0 Å². The summed E-state index contributed by atoms with van der Waals surface area (Å²) in [7, 11) is 1.74. The van der Waals surface area contributed by atoms with Crippen molar-refractivity contribution in [1.82, 2.24) is 10.6 Å². The first-order valence-corrected chi connectivity index (χ1v) is 10.0. The Labute approximate surface area is 183 Å². The zero-order chi connectivity index (χ0) is 17.6. The Bertz CT molecular complexity index is 718. The molecule has 3 rings (SSSR count). The summed E-state index contributed by atoms with van der Waals surface area (Å²) in [5.74, 6) is 0.504. The molecule has 26 heavy (non-hydrogen) atoms. The Morgan fingerprint density at radius 3 is 2.77 bits per heavy atom. The fourth-order valence-corrected chi connectivity index (χ4v) is 4.13. The first kappa shape index (κ1) is 21.4. The molecule has 1 fully saturated rings. The van der Waals surface area contributed by atoms with Gasteiger partial charge in [0.25, 0.3) is 0 Å². The van der Waals surface area contributed by atoms with Crippen LogP contribution in [0.15, 0.2) is 45.2 Å². The van der Waals surface area contributed by atoms with Crippen molar-refractivity contribution < 1.29 is 4.39 Å². The molecule has 0 aliphatic carbocycles. The Balaban J connectivity index is 0.00000243. The number of rotatable bonds is 4. The van der Waals surface area contributed by atoms with Gasteiger partial charge in [-0.3, -0.25) is 4.99 Å². The monoisotopic (exact) mass is 552 g/mol. The molecule has 0 atom stereocenters. The lowest BCUT2D eigenvalue weighted by molar-refractivity contribution is 0.462. The molecule has 4 nitrogen and oxygen atoms in total. The topological polar surface area (TPSA) is 39.7 Å². The average molecular weight is 553 g/mol.